The predicted molar refractivity (Wildman–Crippen MR) is 123 cm³/mol. The largest absolute Gasteiger partial charge is 0.382 e. The van der Waals surface area contributed by atoms with E-state index in [-0.39, 0.29) is 23.7 Å². The Morgan fingerprint density at radius 1 is 1.33 bits per heavy atom. The molecule has 2 atom stereocenters. The Kier molecular flexibility index (Phi) is 5.53. The first kappa shape index (κ1) is 21.1. The molecule has 0 saturated carbocycles. The van der Waals surface area contributed by atoms with E-state index in [1.54, 1.807) is 19.5 Å². The van der Waals surface area contributed by atoms with Crippen LogP contribution < -0.4 is 11.1 Å². The van der Waals surface area contributed by atoms with Crippen molar-refractivity contribution < 1.29 is 14.3 Å². The number of hydrogen-bond acceptors (Lipinski definition) is 7. The number of ether oxygens (including phenoxy) is 2. The van der Waals surface area contributed by atoms with Gasteiger partial charge in [0.1, 0.15) is 23.1 Å². The van der Waals surface area contributed by atoms with Crippen molar-refractivity contribution in [2.24, 2.45) is 0 Å². The Bertz CT molecular complexity index is 1300. The smallest absolute Gasteiger partial charge is 0.273 e. The fourth-order valence-electron chi connectivity index (χ4n) is 4.09. The number of aromatic nitrogens is 5. The van der Waals surface area contributed by atoms with E-state index in [2.05, 4.69) is 25.3 Å². The molecule has 2 unspecified atom stereocenters. The summed E-state index contributed by atoms with van der Waals surface area (Å²) in [6.07, 6.45) is 6.07. The number of nitrogens with two attached hydrogens (primary N) is 1. The van der Waals surface area contributed by atoms with Crippen LogP contribution in [0, 0.1) is 6.92 Å². The number of carbonyl (C=O) groups excluding carboxylic acids is 1. The molecule has 5 rings (SSSR count). The lowest BCUT2D eigenvalue weighted by Gasteiger charge is -2.18. The van der Waals surface area contributed by atoms with Gasteiger partial charge >= 0.3 is 0 Å². The zero-order valence-corrected chi connectivity index (χ0v) is 18.4. The number of hydrogen-bond donors (Lipinski definition) is 3. The van der Waals surface area contributed by atoms with E-state index in [0.29, 0.717) is 24.5 Å². The summed E-state index contributed by atoms with van der Waals surface area (Å²) in [6.45, 7) is 2.88. The van der Waals surface area contributed by atoms with Crippen LogP contribution >= 0.6 is 0 Å². The van der Waals surface area contributed by atoms with Crippen molar-refractivity contribution in [3.05, 3.63) is 54.2 Å². The van der Waals surface area contributed by atoms with Crippen LogP contribution in [0.2, 0.25) is 0 Å². The summed E-state index contributed by atoms with van der Waals surface area (Å²) in [6, 6.07) is 7.57. The molecule has 4 aromatic heterocycles. The number of anilines is 1. The van der Waals surface area contributed by atoms with Gasteiger partial charge in [-0.1, -0.05) is 0 Å². The maximum atomic E-state index is 13.0. The quantitative estimate of drug-likeness (QED) is 0.413. The van der Waals surface area contributed by atoms with Gasteiger partial charge in [-0.3, -0.25) is 4.79 Å². The Balaban J connectivity index is 1.53. The van der Waals surface area contributed by atoms with Crippen molar-refractivity contribution in [3.63, 3.8) is 0 Å². The van der Waals surface area contributed by atoms with E-state index in [1.165, 1.54) is 0 Å². The molecule has 1 amide bonds. The molecule has 0 radical (unpaired) electrons. The van der Waals surface area contributed by atoms with Gasteiger partial charge < -0.3 is 29.9 Å². The number of H-pyrrole nitrogens is 1. The third-order valence-electron chi connectivity index (χ3n) is 5.87. The zero-order chi connectivity index (χ0) is 22.9. The summed E-state index contributed by atoms with van der Waals surface area (Å²) in [5, 5.41) is 2.86. The second-order valence-electron chi connectivity index (χ2n) is 7.97. The van der Waals surface area contributed by atoms with E-state index < -0.39 is 5.91 Å². The fourth-order valence-corrected chi connectivity index (χ4v) is 4.09. The van der Waals surface area contributed by atoms with Crippen molar-refractivity contribution >= 4 is 17.4 Å². The molecule has 0 aromatic carbocycles. The number of nitrogens with zero attached hydrogens (tertiary/aromatic N) is 4. The standard InChI is InChI=1S/C23H25N7O3/c1-13-10-26-18-6-5-14(12-30(13)18)19-20(15-4-3-8-25-15)29-22(24)21(28-19)23(31)27-11-17-16(32-2)7-9-33-17/h3-6,8,10,12,16-17,25H,7,9,11H2,1-2H3,(H2,24,29)(H,27,31). The Hall–Kier alpha value is -3.76. The van der Waals surface area contributed by atoms with Crippen LogP contribution in [0.5, 0.6) is 0 Å². The fraction of sp³-hybridized carbons (Fsp3) is 0.304. The average Bonchev–Trinajstić information content (AvgIpc) is 3.58. The lowest BCUT2D eigenvalue weighted by molar-refractivity contribution is 0.0168. The summed E-state index contributed by atoms with van der Waals surface area (Å²) in [5.41, 5.74) is 10.7. The van der Waals surface area contributed by atoms with Crippen LogP contribution in [0.3, 0.4) is 0 Å². The number of fused-ring (bicyclic) bond motifs is 1. The number of nitrogen functional groups attached to an aromatic ring is 1. The third-order valence-corrected chi connectivity index (χ3v) is 5.87. The number of nitrogens with one attached hydrogen (secondary N) is 2. The van der Waals surface area contributed by atoms with Crippen LogP contribution in [0.25, 0.3) is 28.3 Å². The van der Waals surface area contributed by atoms with Gasteiger partial charge in [0.2, 0.25) is 0 Å². The zero-order valence-electron chi connectivity index (χ0n) is 18.4. The van der Waals surface area contributed by atoms with Gasteiger partial charge in [-0.05, 0) is 37.6 Å². The van der Waals surface area contributed by atoms with E-state index in [9.17, 15) is 4.79 Å². The Labute approximate surface area is 190 Å². The first-order valence-electron chi connectivity index (χ1n) is 10.7. The second-order valence-corrected chi connectivity index (χ2v) is 7.97. The summed E-state index contributed by atoms with van der Waals surface area (Å²) in [7, 11) is 1.64. The van der Waals surface area contributed by atoms with Gasteiger partial charge in [0.25, 0.3) is 5.91 Å². The van der Waals surface area contributed by atoms with Crippen LogP contribution in [0.4, 0.5) is 5.82 Å². The topological polar surface area (TPSA) is 132 Å². The molecule has 1 fully saturated rings. The van der Waals surface area contributed by atoms with Crippen molar-refractivity contribution in [1.82, 2.24) is 29.7 Å². The molecule has 4 N–H and O–H groups in total. The molecular weight excluding hydrogens is 422 g/mol. The maximum absolute atomic E-state index is 13.0. The molecule has 170 valence electrons. The molecule has 1 aliphatic rings. The molecule has 4 aromatic rings. The molecule has 0 aliphatic carbocycles. The van der Waals surface area contributed by atoms with E-state index in [4.69, 9.17) is 15.2 Å². The number of pyridine rings is 1. The molecule has 0 spiro atoms. The van der Waals surface area contributed by atoms with Crippen LogP contribution in [0.15, 0.2) is 42.9 Å². The van der Waals surface area contributed by atoms with Crippen molar-refractivity contribution in [3.8, 4) is 22.6 Å². The monoisotopic (exact) mass is 447 g/mol. The highest BCUT2D eigenvalue weighted by Gasteiger charge is 2.29. The number of amides is 1. The number of rotatable bonds is 6. The summed E-state index contributed by atoms with van der Waals surface area (Å²) >= 11 is 0. The number of aromatic amines is 1. The molecule has 1 saturated heterocycles. The first-order chi connectivity index (χ1) is 16.0. The highest BCUT2D eigenvalue weighted by Crippen LogP contribution is 2.30. The van der Waals surface area contributed by atoms with E-state index >= 15 is 0 Å². The van der Waals surface area contributed by atoms with Gasteiger partial charge in [0.05, 0.1) is 11.8 Å². The Morgan fingerprint density at radius 3 is 3.00 bits per heavy atom. The van der Waals surface area contributed by atoms with Gasteiger partial charge in [0.15, 0.2) is 11.5 Å². The highest BCUT2D eigenvalue weighted by molar-refractivity contribution is 5.98. The van der Waals surface area contributed by atoms with Crippen molar-refractivity contribution in [2.75, 3.05) is 26.0 Å². The minimum Gasteiger partial charge on any atom is -0.382 e. The third kappa shape index (κ3) is 3.94. The molecule has 5 heterocycles. The SMILES string of the molecule is COC1CCOC1CNC(=O)c1nc(-c2ccc3ncc(C)n3c2)c(-c2ccc[nH]2)nc1N. The number of imidazole rings is 1. The van der Waals surface area contributed by atoms with Crippen molar-refractivity contribution in [2.45, 2.75) is 25.6 Å². The highest BCUT2D eigenvalue weighted by atomic mass is 16.5. The van der Waals surface area contributed by atoms with Gasteiger partial charge in [-0.2, -0.15) is 0 Å². The van der Waals surface area contributed by atoms with E-state index in [0.717, 1.165) is 29.0 Å². The lowest BCUT2D eigenvalue weighted by Crippen LogP contribution is -2.38. The van der Waals surface area contributed by atoms with Crippen LogP contribution in [-0.4, -0.2) is 62.7 Å². The van der Waals surface area contributed by atoms with Crippen LogP contribution in [-0.2, 0) is 9.47 Å². The van der Waals surface area contributed by atoms with Gasteiger partial charge in [-0.15, -0.1) is 0 Å². The predicted octanol–water partition coefficient (Wildman–Crippen LogP) is 2.21. The molecule has 0 bridgehead atoms. The lowest BCUT2D eigenvalue weighted by atomic mass is 10.1. The maximum Gasteiger partial charge on any atom is 0.273 e. The van der Waals surface area contributed by atoms with E-state index in [1.807, 2.05) is 41.8 Å². The summed E-state index contributed by atoms with van der Waals surface area (Å²) in [4.78, 5) is 29.8. The average molecular weight is 447 g/mol. The summed E-state index contributed by atoms with van der Waals surface area (Å²) in [5.74, 6) is -0.360. The second kappa shape index (κ2) is 8.64. The molecule has 10 nitrogen and oxygen atoms in total. The first-order valence-corrected chi connectivity index (χ1v) is 10.7. The number of carbonyl (C=O) groups is 1. The van der Waals surface area contributed by atoms with Gasteiger partial charge in [-0.25, -0.2) is 15.0 Å². The molecule has 1 aliphatic heterocycles. The van der Waals surface area contributed by atoms with Gasteiger partial charge in [0, 0.05) is 50.1 Å². The molecule has 33 heavy (non-hydrogen) atoms. The Morgan fingerprint density at radius 2 is 2.21 bits per heavy atom. The normalized spacial score (nSPS) is 18.1. The number of aryl methyl sites for hydroxylation is 1. The minimum absolute atomic E-state index is 0.0512. The van der Waals surface area contributed by atoms with Crippen molar-refractivity contribution in [1.29, 1.82) is 0 Å². The summed E-state index contributed by atoms with van der Waals surface area (Å²) < 4.78 is 13.0. The number of methoxy groups -OCH3 is 1. The minimum atomic E-state index is -0.412. The van der Waals surface area contributed by atoms with Crippen LogP contribution in [0.1, 0.15) is 22.6 Å². The molecular formula is C23H25N7O3. The molecule has 10 heteroatoms.